The SMILES string of the molecule is CC(=O)SCC(=O)c1ccc(S(=O)N(CCO)c2cncnc2)cc1. The Labute approximate surface area is 152 Å². The van der Waals surface area contributed by atoms with Crippen molar-refractivity contribution in [2.45, 2.75) is 11.8 Å². The van der Waals surface area contributed by atoms with Crippen LogP contribution in [-0.2, 0) is 15.8 Å². The lowest BCUT2D eigenvalue weighted by molar-refractivity contribution is -0.109. The molecule has 0 radical (unpaired) electrons. The summed E-state index contributed by atoms with van der Waals surface area (Å²) < 4.78 is 14.2. The van der Waals surface area contributed by atoms with Crippen molar-refractivity contribution in [1.29, 1.82) is 0 Å². The summed E-state index contributed by atoms with van der Waals surface area (Å²) in [5, 5.41) is 9.11. The Balaban J connectivity index is 2.15. The molecule has 0 spiro atoms. The number of nitrogens with zero attached hydrogens (tertiary/aromatic N) is 3. The van der Waals surface area contributed by atoms with Gasteiger partial charge in [-0.1, -0.05) is 23.9 Å². The quantitative estimate of drug-likeness (QED) is 0.693. The first-order valence-corrected chi connectivity index (χ1v) is 9.44. The zero-order chi connectivity index (χ0) is 18.2. The Bertz CT molecular complexity index is 754. The highest BCUT2D eigenvalue weighted by Gasteiger charge is 2.17. The molecule has 132 valence electrons. The molecule has 25 heavy (non-hydrogen) atoms. The van der Waals surface area contributed by atoms with Crippen molar-refractivity contribution >= 4 is 39.3 Å². The van der Waals surface area contributed by atoms with Crippen molar-refractivity contribution in [3.8, 4) is 0 Å². The maximum atomic E-state index is 12.8. The molecule has 2 rings (SSSR count). The lowest BCUT2D eigenvalue weighted by atomic mass is 10.1. The van der Waals surface area contributed by atoms with E-state index in [1.165, 1.54) is 29.9 Å². The van der Waals surface area contributed by atoms with Gasteiger partial charge >= 0.3 is 0 Å². The number of aromatic nitrogens is 2. The molecule has 0 fully saturated rings. The summed E-state index contributed by atoms with van der Waals surface area (Å²) in [5.41, 5.74) is 0.971. The zero-order valence-electron chi connectivity index (χ0n) is 13.5. The molecular formula is C16H17N3O4S2. The van der Waals surface area contributed by atoms with Gasteiger partial charge in [0.2, 0.25) is 0 Å². The van der Waals surface area contributed by atoms with Crippen LogP contribution in [0, 0.1) is 0 Å². The summed E-state index contributed by atoms with van der Waals surface area (Å²) in [6.45, 7) is 1.38. The second-order valence-electron chi connectivity index (χ2n) is 4.90. The van der Waals surface area contributed by atoms with Crippen LogP contribution in [0.5, 0.6) is 0 Å². The molecule has 0 bridgehead atoms. The second kappa shape index (κ2) is 9.40. The average molecular weight is 379 g/mol. The first-order chi connectivity index (χ1) is 12.0. The zero-order valence-corrected chi connectivity index (χ0v) is 15.1. The number of benzene rings is 1. The van der Waals surface area contributed by atoms with Gasteiger partial charge in [0.05, 0.1) is 41.9 Å². The molecule has 7 nitrogen and oxygen atoms in total. The highest BCUT2D eigenvalue weighted by molar-refractivity contribution is 8.14. The Hall–Kier alpha value is -2.10. The summed E-state index contributed by atoms with van der Waals surface area (Å²) in [7, 11) is -1.58. The van der Waals surface area contributed by atoms with E-state index in [2.05, 4.69) is 9.97 Å². The van der Waals surface area contributed by atoms with E-state index in [0.717, 1.165) is 11.8 Å². The molecule has 0 aliphatic heterocycles. The number of carbonyl (C=O) groups is 2. The van der Waals surface area contributed by atoms with Gasteiger partial charge in [0, 0.05) is 12.5 Å². The van der Waals surface area contributed by atoms with Gasteiger partial charge in [-0.25, -0.2) is 14.2 Å². The fourth-order valence-electron chi connectivity index (χ4n) is 1.95. The molecule has 2 aromatic rings. The summed E-state index contributed by atoms with van der Waals surface area (Å²) in [4.78, 5) is 31.2. The number of thioether (sulfide) groups is 1. The van der Waals surface area contributed by atoms with Gasteiger partial charge in [-0.05, 0) is 12.1 Å². The van der Waals surface area contributed by atoms with Gasteiger partial charge in [0.25, 0.3) is 0 Å². The van der Waals surface area contributed by atoms with Crippen LogP contribution in [0.25, 0.3) is 0 Å². The van der Waals surface area contributed by atoms with E-state index in [-0.39, 0.29) is 29.8 Å². The molecule has 0 saturated heterocycles. The van der Waals surface area contributed by atoms with Crippen LogP contribution in [0.3, 0.4) is 0 Å². The predicted octanol–water partition coefficient (Wildman–Crippen LogP) is 1.46. The molecule has 0 saturated carbocycles. The second-order valence-corrected chi connectivity index (χ2v) is 7.46. The van der Waals surface area contributed by atoms with Crippen molar-refractivity contribution in [3.05, 3.63) is 48.5 Å². The van der Waals surface area contributed by atoms with Gasteiger partial charge < -0.3 is 5.11 Å². The maximum Gasteiger partial charge on any atom is 0.186 e. The van der Waals surface area contributed by atoms with Crippen LogP contribution in [0.4, 0.5) is 5.69 Å². The third-order valence-corrected chi connectivity index (χ3v) is 5.40. The number of hydrogen-bond donors (Lipinski definition) is 1. The van der Waals surface area contributed by atoms with Crippen molar-refractivity contribution < 1.29 is 18.9 Å². The molecule has 1 atom stereocenters. The van der Waals surface area contributed by atoms with E-state index in [4.69, 9.17) is 0 Å². The smallest absolute Gasteiger partial charge is 0.186 e. The standard InChI is InChI=1S/C16H17N3O4S2/c1-12(21)24-10-16(22)13-2-4-15(5-3-13)25(23)19(6-7-20)14-8-17-11-18-9-14/h2-5,8-9,11,20H,6-7,10H2,1H3. The van der Waals surface area contributed by atoms with Gasteiger partial charge in [-0.2, -0.15) is 0 Å². The molecule has 1 heterocycles. The number of Topliss-reactive ketones (excluding diaryl/α,β-unsaturated/α-hetero) is 1. The summed E-state index contributed by atoms with van der Waals surface area (Å²) in [6.07, 6.45) is 4.39. The van der Waals surface area contributed by atoms with Gasteiger partial charge in [-0.15, -0.1) is 0 Å². The average Bonchev–Trinajstić information content (AvgIpc) is 2.64. The number of hydrogen-bond acceptors (Lipinski definition) is 7. The van der Waals surface area contributed by atoms with E-state index in [1.54, 1.807) is 24.3 Å². The maximum absolute atomic E-state index is 12.8. The fraction of sp³-hybridized carbons (Fsp3) is 0.250. The third kappa shape index (κ3) is 5.45. The molecule has 1 unspecified atom stereocenters. The van der Waals surface area contributed by atoms with Crippen molar-refractivity contribution in [3.63, 3.8) is 0 Å². The number of anilines is 1. The van der Waals surface area contributed by atoms with Crippen molar-refractivity contribution in [2.75, 3.05) is 23.2 Å². The third-order valence-electron chi connectivity index (χ3n) is 3.12. The van der Waals surface area contributed by atoms with E-state index in [9.17, 15) is 18.9 Å². The minimum atomic E-state index is -1.58. The monoisotopic (exact) mass is 379 g/mol. The Morgan fingerprint density at radius 1 is 1.20 bits per heavy atom. The minimum Gasteiger partial charge on any atom is -0.394 e. The Kier molecular flexibility index (Phi) is 7.23. The summed E-state index contributed by atoms with van der Waals surface area (Å²) >= 11 is 0.955. The number of carbonyl (C=O) groups excluding carboxylic acids is 2. The van der Waals surface area contributed by atoms with Crippen molar-refractivity contribution in [1.82, 2.24) is 9.97 Å². The topological polar surface area (TPSA) is 100 Å². The minimum absolute atomic E-state index is 0.0791. The van der Waals surface area contributed by atoms with Crippen LogP contribution in [0.2, 0.25) is 0 Å². The highest BCUT2D eigenvalue weighted by atomic mass is 32.2. The lowest BCUT2D eigenvalue weighted by Crippen LogP contribution is -2.29. The van der Waals surface area contributed by atoms with Gasteiger partial charge in [-0.3, -0.25) is 13.9 Å². The van der Waals surface area contributed by atoms with Crippen LogP contribution in [0.1, 0.15) is 17.3 Å². The van der Waals surface area contributed by atoms with E-state index in [1.807, 2.05) is 0 Å². The van der Waals surface area contributed by atoms with Crippen molar-refractivity contribution in [2.24, 2.45) is 0 Å². The molecular weight excluding hydrogens is 362 g/mol. The van der Waals surface area contributed by atoms with Crippen LogP contribution < -0.4 is 4.31 Å². The van der Waals surface area contributed by atoms with Gasteiger partial charge in [0.1, 0.15) is 6.33 Å². The Morgan fingerprint density at radius 3 is 2.40 bits per heavy atom. The van der Waals surface area contributed by atoms with Crippen LogP contribution in [-0.4, -0.2) is 49.1 Å². The molecule has 1 aromatic carbocycles. The summed E-state index contributed by atoms with van der Waals surface area (Å²) in [5.74, 6) is -0.0864. The molecule has 0 amide bonds. The largest absolute Gasteiger partial charge is 0.394 e. The van der Waals surface area contributed by atoms with E-state index in [0.29, 0.717) is 16.1 Å². The highest BCUT2D eigenvalue weighted by Crippen LogP contribution is 2.19. The summed E-state index contributed by atoms with van der Waals surface area (Å²) in [6, 6.07) is 6.34. The van der Waals surface area contributed by atoms with Gasteiger partial charge in [0.15, 0.2) is 21.9 Å². The molecule has 9 heteroatoms. The molecule has 1 aromatic heterocycles. The van der Waals surface area contributed by atoms with E-state index >= 15 is 0 Å². The number of rotatable bonds is 8. The molecule has 0 aliphatic rings. The number of aliphatic hydroxyl groups is 1. The predicted molar refractivity (Wildman–Crippen MR) is 96.8 cm³/mol. The van der Waals surface area contributed by atoms with E-state index < -0.39 is 11.0 Å². The normalized spacial score (nSPS) is 11.8. The fourth-order valence-corrected chi connectivity index (χ4v) is 3.61. The van der Waals surface area contributed by atoms with Crippen LogP contribution >= 0.6 is 11.8 Å². The number of ketones is 1. The molecule has 1 N–H and O–H groups in total. The first kappa shape index (κ1) is 19.2. The lowest BCUT2D eigenvalue weighted by Gasteiger charge is -2.21. The molecule has 0 aliphatic carbocycles. The Morgan fingerprint density at radius 2 is 1.84 bits per heavy atom. The number of aliphatic hydroxyl groups excluding tert-OH is 1. The van der Waals surface area contributed by atoms with Crippen LogP contribution in [0.15, 0.2) is 47.9 Å². The first-order valence-electron chi connectivity index (χ1n) is 7.35.